The molecule has 3 heterocycles. The maximum absolute atomic E-state index is 13.0. The van der Waals surface area contributed by atoms with Crippen LogP contribution < -0.4 is 4.74 Å². The van der Waals surface area contributed by atoms with E-state index in [1.807, 2.05) is 12.4 Å². The van der Waals surface area contributed by atoms with Crippen LogP contribution >= 0.6 is 0 Å². The number of hydrogen-bond acceptors (Lipinski definition) is 4. The summed E-state index contributed by atoms with van der Waals surface area (Å²) >= 11 is 0. The Balaban J connectivity index is 1.17. The van der Waals surface area contributed by atoms with Crippen LogP contribution in [0.25, 0.3) is 11.1 Å². The quantitative estimate of drug-likeness (QED) is 0.472. The minimum atomic E-state index is -4.37. The molecule has 186 valence electrons. The molecule has 3 aromatic rings. The molecule has 2 saturated heterocycles. The Morgan fingerprint density at radius 2 is 1.94 bits per heavy atom. The molecule has 2 aromatic carbocycles. The predicted octanol–water partition coefficient (Wildman–Crippen LogP) is 5.90. The summed E-state index contributed by atoms with van der Waals surface area (Å²) < 4.78 is 51.2. The van der Waals surface area contributed by atoms with Crippen molar-refractivity contribution in [3.63, 3.8) is 0 Å². The van der Waals surface area contributed by atoms with Crippen LogP contribution in [0, 0.1) is 0 Å². The molecule has 2 unspecified atom stereocenters. The van der Waals surface area contributed by atoms with Gasteiger partial charge in [-0.2, -0.15) is 18.3 Å². The summed E-state index contributed by atoms with van der Waals surface area (Å²) in [4.78, 5) is 2.42. The average molecular weight is 486 g/mol. The van der Waals surface area contributed by atoms with E-state index in [1.165, 1.54) is 11.6 Å². The smallest absolute Gasteiger partial charge is 0.416 e. The van der Waals surface area contributed by atoms with Gasteiger partial charge in [0.25, 0.3) is 0 Å². The number of rotatable bonds is 6. The number of ether oxygens (including phenoxy) is 2. The van der Waals surface area contributed by atoms with Crippen LogP contribution in [-0.2, 0) is 10.9 Å². The number of benzene rings is 2. The molecule has 0 radical (unpaired) electrons. The van der Waals surface area contributed by atoms with Crippen molar-refractivity contribution in [3.05, 3.63) is 72.1 Å². The summed E-state index contributed by atoms with van der Waals surface area (Å²) in [6.45, 7) is 4.53. The van der Waals surface area contributed by atoms with Crippen LogP contribution in [0.5, 0.6) is 5.75 Å². The van der Waals surface area contributed by atoms with E-state index < -0.39 is 11.7 Å². The van der Waals surface area contributed by atoms with Gasteiger partial charge in [-0.1, -0.05) is 37.3 Å². The number of nitrogens with one attached hydrogen (secondary N) is 1. The molecule has 8 heteroatoms. The van der Waals surface area contributed by atoms with E-state index in [0.717, 1.165) is 55.6 Å². The van der Waals surface area contributed by atoms with Gasteiger partial charge in [-0.15, -0.1) is 0 Å². The summed E-state index contributed by atoms with van der Waals surface area (Å²) in [6, 6.07) is 14.1. The van der Waals surface area contributed by atoms with Gasteiger partial charge in [0.05, 0.1) is 17.9 Å². The van der Waals surface area contributed by atoms with E-state index in [0.29, 0.717) is 12.6 Å². The number of hydrogen-bond donors (Lipinski definition) is 1. The molecule has 0 bridgehead atoms. The summed E-state index contributed by atoms with van der Waals surface area (Å²) in [5, 5.41) is 6.86. The first-order chi connectivity index (χ1) is 16.9. The fourth-order valence-corrected chi connectivity index (χ4v) is 5.21. The molecule has 5 nitrogen and oxygen atoms in total. The highest BCUT2D eigenvalue weighted by Gasteiger charge is 2.36. The molecule has 35 heavy (non-hydrogen) atoms. The highest BCUT2D eigenvalue weighted by atomic mass is 19.4. The lowest BCUT2D eigenvalue weighted by atomic mass is 9.88. The van der Waals surface area contributed by atoms with Crippen LogP contribution in [0.3, 0.4) is 0 Å². The van der Waals surface area contributed by atoms with Crippen LogP contribution in [0.1, 0.15) is 43.2 Å². The highest BCUT2D eigenvalue weighted by Crippen LogP contribution is 2.34. The molecule has 2 aliphatic heterocycles. The Morgan fingerprint density at radius 3 is 2.69 bits per heavy atom. The van der Waals surface area contributed by atoms with Gasteiger partial charge in [0.15, 0.2) is 0 Å². The fourth-order valence-electron chi connectivity index (χ4n) is 5.21. The SMILES string of the molecule is C[C@@H](c1ccc(-c2cn[nH]c2)cc1)C1CC(N2CC[C@@H](Oc3cccc(C(F)(F)F)c3)C2)CCO1. The first-order valence-corrected chi connectivity index (χ1v) is 12.2. The number of nitrogens with zero attached hydrogens (tertiary/aromatic N) is 2. The van der Waals surface area contributed by atoms with E-state index in [-0.39, 0.29) is 23.9 Å². The van der Waals surface area contributed by atoms with Crippen molar-refractivity contribution in [2.24, 2.45) is 0 Å². The normalized spacial score (nSPS) is 24.4. The number of alkyl halides is 3. The standard InChI is InChI=1S/C27H30F3N3O2/c1-18(19-5-7-20(8-6-19)21-15-31-32-16-21)26-14-23(10-12-34-26)33-11-9-25(17-33)35-24-4-2-3-22(13-24)27(28,29)30/h2-8,13,15-16,18,23,25-26H,9-12,14,17H2,1H3,(H,31,32)/t18-,23?,25+,26?/m0/s1. The molecule has 2 aliphatic rings. The number of halogens is 3. The molecule has 0 aliphatic carbocycles. The first-order valence-electron chi connectivity index (χ1n) is 12.2. The van der Waals surface area contributed by atoms with E-state index in [9.17, 15) is 13.2 Å². The number of aromatic amines is 1. The Labute approximate surface area is 203 Å². The second-order valence-corrected chi connectivity index (χ2v) is 9.53. The lowest BCUT2D eigenvalue weighted by molar-refractivity contribution is -0.137. The van der Waals surface area contributed by atoms with Gasteiger partial charge in [-0.3, -0.25) is 10.00 Å². The first kappa shape index (κ1) is 23.9. The average Bonchev–Trinajstić information content (AvgIpc) is 3.56. The van der Waals surface area contributed by atoms with Gasteiger partial charge in [0, 0.05) is 43.4 Å². The Hall–Kier alpha value is -2.84. The maximum Gasteiger partial charge on any atom is 0.416 e. The van der Waals surface area contributed by atoms with Gasteiger partial charge in [0.1, 0.15) is 11.9 Å². The fraction of sp³-hybridized carbons (Fsp3) is 0.444. The van der Waals surface area contributed by atoms with Crippen molar-refractivity contribution in [2.75, 3.05) is 19.7 Å². The molecule has 1 aromatic heterocycles. The third-order valence-electron chi connectivity index (χ3n) is 7.27. The van der Waals surface area contributed by atoms with E-state index in [4.69, 9.17) is 9.47 Å². The summed E-state index contributed by atoms with van der Waals surface area (Å²) in [5.41, 5.74) is 2.76. The number of H-pyrrole nitrogens is 1. The van der Waals surface area contributed by atoms with E-state index >= 15 is 0 Å². The lowest BCUT2D eigenvalue weighted by Crippen LogP contribution is -2.43. The zero-order valence-electron chi connectivity index (χ0n) is 19.7. The summed E-state index contributed by atoms with van der Waals surface area (Å²) in [6.07, 6.45) is 2.04. The minimum absolute atomic E-state index is 0.104. The van der Waals surface area contributed by atoms with Crippen molar-refractivity contribution >= 4 is 0 Å². The second kappa shape index (κ2) is 10.0. The topological polar surface area (TPSA) is 50.4 Å². The van der Waals surface area contributed by atoms with Crippen molar-refractivity contribution in [1.29, 1.82) is 0 Å². The van der Waals surface area contributed by atoms with Crippen molar-refractivity contribution in [2.45, 2.75) is 56.5 Å². The van der Waals surface area contributed by atoms with Crippen molar-refractivity contribution in [1.82, 2.24) is 15.1 Å². The maximum atomic E-state index is 13.0. The minimum Gasteiger partial charge on any atom is -0.489 e. The zero-order valence-corrected chi connectivity index (χ0v) is 19.7. The van der Waals surface area contributed by atoms with Gasteiger partial charge >= 0.3 is 6.18 Å². The Kier molecular flexibility index (Phi) is 6.84. The molecular weight excluding hydrogens is 455 g/mol. The van der Waals surface area contributed by atoms with Crippen LogP contribution in [0.15, 0.2) is 60.9 Å². The second-order valence-electron chi connectivity index (χ2n) is 9.53. The molecule has 1 N–H and O–H groups in total. The third-order valence-corrected chi connectivity index (χ3v) is 7.27. The van der Waals surface area contributed by atoms with Crippen LogP contribution in [0.2, 0.25) is 0 Å². The van der Waals surface area contributed by atoms with Gasteiger partial charge in [-0.25, -0.2) is 0 Å². The molecule has 0 saturated carbocycles. The number of likely N-dealkylation sites (tertiary alicyclic amines) is 1. The van der Waals surface area contributed by atoms with Crippen molar-refractivity contribution < 1.29 is 22.6 Å². The molecule has 0 spiro atoms. The largest absolute Gasteiger partial charge is 0.489 e. The summed E-state index contributed by atoms with van der Waals surface area (Å²) in [7, 11) is 0. The molecular formula is C27H30F3N3O2. The molecule has 2 fully saturated rings. The van der Waals surface area contributed by atoms with Gasteiger partial charge in [-0.05, 0) is 48.6 Å². The zero-order chi connectivity index (χ0) is 24.4. The predicted molar refractivity (Wildman–Crippen MR) is 127 cm³/mol. The third kappa shape index (κ3) is 5.54. The lowest BCUT2D eigenvalue weighted by Gasteiger charge is -2.38. The highest BCUT2D eigenvalue weighted by molar-refractivity contribution is 5.61. The van der Waals surface area contributed by atoms with Crippen LogP contribution in [0.4, 0.5) is 13.2 Å². The van der Waals surface area contributed by atoms with Crippen molar-refractivity contribution in [3.8, 4) is 16.9 Å². The molecule has 4 atom stereocenters. The molecule has 5 rings (SSSR count). The Bertz CT molecular complexity index is 1100. The van der Waals surface area contributed by atoms with E-state index in [1.54, 1.807) is 6.07 Å². The van der Waals surface area contributed by atoms with Gasteiger partial charge < -0.3 is 9.47 Å². The summed E-state index contributed by atoms with van der Waals surface area (Å²) in [5.74, 6) is 0.542. The van der Waals surface area contributed by atoms with Gasteiger partial charge in [0.2, 0.25) is 0 Å². The van der Waals surface area contributed by atoms with E-state index in [2.05, 4.69) is 46.3 Å². The Morgan fingerprint density at radius 1 is 1.11 bits per heavy atom. The monoisotopic (exact) mass is 485 g/mol. The molecule has 0 amide bonds. The number of aromatic nitrogens is 2. The van der Waals surface area contributed by atoms with Crippen LogP contribution in [-0.4, -0.2) is 53.0 Å².